The van der Waals surface area contributed by atoms with Crippen molar-refractivity contribution in [2.75, 3.05) is 6.54 Å². The van der Waals surface area contributed by atoms with Gasteiger partial charge in [0.05, 0.1) is 23.0 Å². The molecule has 1 atom stereocenters. The number of nitrogens with zero attached hydrogens (tertiary/aromatic N) is 4. The predicted octanol–water partition coefficient (Wildman–Crippen LogP) is 4.51. The van der Waals surface area contributed by atoms with Crippen molar-refractivity contribution in [3.8, 4) is 11.1 Å². The number of fused-ring (bicyclic) bond motifs is 2. The van der Waals surface area contributed by atoms with Gasteiger partial charge in [-0.3, -0.25) is 4.79 Å². The largest absolute Gasteiger partial charge is 0.472 e. The van der Waals surface area contributed by atoms with E-state index in [-0.39, 0.29) is 11.9 Å². The van der Waals surface area contributed by atoms with E-state index in [0.717, 1.165) is 22.0 Å². The van der Waals surface area contributed by atoms with Gasteiger partial charge in [0.15, 0.2) is 11.3 Å². The fourth-order valence-electron chi connectivity index (χ4n) is 3.97. The summed E-state index contributed by atoms with van der Waals surface area (Å²) in [5.41, 5.74) is 5.64. The molecule has 28 heavy (non-hydrogen) atoms. The van der Waals surface area contributed by atoms with Gasteiger partial charge >= 0.3 is 0 Å². The lowest BCUT2D eigenvalue weighted by Crippen LogP contribution is -2.39. The maximum absolute atomic E-state index is 13.3. The number of carbonyl (C=O) groups is 1. The molecule has 7 heteroatoms. The van der Waals surface area contributed by atoms with E-state index in [2.05, 4.69) is 51.1 Å². The average Bonchev–Trinajstić information content (AvgIpc) is 3.37. The van der Waals surface area contributed by atoms with Crippen LogP contribution < -0.4 is 0 Å². The van der Waals surface area contributed by atoms with Crippen molar-refractivity contribution in [3.63, 3.8) is 0 Å². The van der Waals surface area contributed by atoms with Crippen molar-refractivity contribution in [1.82, 2.24) is 19.5 Å². The van der Waals surface area contributed by atoms with Crippen LogP contribution in [0.15, 0.2) is 64.1 Å². The summed E-state index contributed by atoms with van der Waals surface area (Å²) >= 11 is 3.38. The summed E-state index contributed by atoms with van der Waals surface area (Å²) in [6.45, 7) is 2.73. The zero-order valence-corrected chi connectivity index (χ0v) is 16.8. The van der Waals surface area contributed by atoms with E-state index in [0.29, 0.717) is 17.9 Å². The summed E-state index contributed by atoms with van der Waals surface area (Å²) in [5, 5.41) is 4.43. The molecule has 1 amide bonds. The van der Waals surface area contributed by atoms with Crippen molar-refractivity contribution in [1.29, 1.82) is 0 Å². The SMILES string of the molecule is CC1c2c(cccc2-c2ccoc2)CCN1C(=O)c1cc2ncc(Br)cn2n1. The third kappa shape index (κ3) is 2.74. The smallest absolute Gasteiger partial charge is 0.274 e. The van der Waals surface area contributed by atoms with Gasteiger partial charge in [0.2, 0.25) is 0 Å². The minimum absolute atomic E-state index is 0.0631. The summed E-state index contributed by atoms with van der Waals surface area (Å²) in [5.74, 6) is -0.0817. The molecule has 0 bridgehead atoms. The van der Waals surface area contributed by atoms with Crippen molar-refractivity contribution >= 4 is 27.5 Å². The van der Waals surface area contributed by atoms with E-state index >= 15 is 0 Å². The molecule has 4 heterocycles. The van der Waals surface area contributed by atoms with Gasteiger partial charge < -0.3 is 9.32 Å². The van der Waals surface area contributed by atoms with Gasteiger partial charge in [-0.1, -0.05) is 18.2 Å². The van der Waals surface area contributed by atoms with E-state index in [4.69, 9.17) is 4.42 Å². The lowest BCUT2D eigenvalue weighted by molar-refractivity contribution is 0.0672. The number of hydrogen-bond donors (Lipinski definition) is 0. The number of hydrogen-bond acceptors (Lipinski definition) is 4. The fourth-order valence-corrected chi connectivity index (χ4v) is 4.26. The highest BCUT2D eigenvalue weighted by Gasteiger charge is 2.31. The molecule has 1 aliphatic heterocycles. The lowest BCUT2D eigenvalue weighted by atomic mass is 9.87. The molecule has 1 unspecified atom stereocenters. The summed E-state index contributed by atoms with van der Waals surface area (Å²) in [4.78, 5) is 19.5. The Morgan fingerprint density at radius 2 is 2.21 bits per heavy atom. The Bertz CT molecular complexity index is 1180. The summed E-state index contributed by atoms with van der Waals surface area (Å²) in [7, 11) is 0. The second-order valence-corrected chi connectivity index (χ2v) is 7.84. The molecule has 0 radical (unpaired) electrons. The van der Waals surface area contributed by atoms with E-state index in [1.165, 1.54) is 11.1 Å². The Morgan fingerprint density at radius 1 is 1.32 bits per heavy atom. The van der Waals surface area contributed by atoms with E-state index in [1.54, 1.807) is 35.5 Å². The van der Waals surface area contributed by atoms with Crippen LogP contribution in [-0.2, 0) is 6.42 Å². The summed E-state index contributed by atoms with van der Waals surface area (Å²) in [6, 6.07) is 9.92. The Kier molecular flexibility index (Phi) is 4.05. The predicted molar refractivity (Wildman–Crippen MR) is 108 cm³/mol. The minimum Gasteiger partial charge on any atom is -0.472 e. The van der Waals surface area contributed by atoms with Crippen molar-refractivity contribution in [3.05, 3.63) is 76.5 Å². The number of amides is 1. The molecule has 4 aromatic rings. The number of halogens is 1. The second-order valence-electron chi connectivity index (χ2n) is 6.92. The van der Waals surface area contributed by atoms with Crippen LogP contribution in [0.3, 0.4) is 0 Å². The first kappa shape index (κ1) is 17.2. The number of carbonyl (C=O) groups excluding carboxylic acids is 1. The highest BCUT2D eigenvalue weighted by Crippen LogP contribution is 2.38. The molecule has 1 aliphatic rings. The normalized spacial score (nSPS) is 16.4. The quantitative estimate of drug-likeness (QED) is 0.463. The van der Waals surface area contributed by atoms with Crippen LogP contribution in [0.2, 0.25) is 0 Å². The standard InChI is InChI=1S/C21H17BrN4O2/c1-13-20-14(3-2-4-17(20)15-6-8-28-12-15)5-7-25(13)21(27)18-9-19-23-10-16(22)11-26(19)24-18/h2-4,6,8-13H,5,7H2,1H3. The molecule has 0 fully saturated rings. The molecular weight excluding hydrogens is 420 g/mol. The summed E-state index contributed by atoms with van der Waals surface area (Å²) in [6.07, 6.45) is 7.73. The average molecular weight is 437 g/mol. The second kappa shape index (κ2) is 6.60. The first-order valence-electron chi connectivity index (χ1n) is 9.08. The first-order valence-corrected chi connectivity index (χ1v) is 9.87. The minimum atomic E-state index is -0.0817. The number of furan rings is 1. The van der Waals surface area contributed by atoms with E-state index < -0.39 is 0 Å². The number of aromatic nitrogens is 3. The zero-order chi connectivity index (χ0) is 19.3. The molecule has 140 valence electrons. The van der Waals surface area contributed by atoms with Crippen LogP contribution in [0.4, 0.5) is 0 Å². The maximum atomic E-state index is 13.3. The van der Waals surface area contributed by atoms with Crippen LogP contribution >= 0.6 is 15.9 Å². The molecule has 0 spiro atoms. The van der Waals surface area contributed by atoms with Gasteiger partial charge in [0.25, 0.3) is 5.91 Å². The van der Waals surface area contributed by atoms with Crippen LogP contribution in [0, 0.1) is 0 Å². The van der Waals surface area contributed by atoms with Crippen molar-refractivity contribution in [2.24, 2.45) is 0 Å². The molecule has 3 aromatic heterocycles. The van der Waals surface area contributed by atoms with Gasteiger partial charge in [-0.05, 0) is 52.0 Å². The third-order valence-electron chi connectivity index (χ3n) is 5.30. The van der Waals surface area contributed by atoms with Crippen LogP contribution in [-0.4, -0.2) is 31.9 Å². The Hall–Kier alpha value is -2.93. The lowest BCUT2D eigenvalue weighted by Gasteiger charge is -2.36. The monoisotopic (exact) mass is 436 g/mol. The molecule has 5 rings (SSSR count). The first-order chi connectivity index (χ1) is 13.6. The molecule has 0 saturated carbocycles. The van der Waals surface area contributed by atoms with Crippen LogP contribution in [0.25, 0.3) is 16.8 Å². The van der Waals surface area contributed by atoms with E-state index in [9.17, 15) is 4.79 Å². The van der Waals surface area contributed by atoms with Crippen molar-refractivity contribution < 1.29 is 9.21 Å². The molecule has 0 N–H and O–H groups in total. The van der Waals surface area contributed by atoms with Crippen molar-refractivity contribution in [2.45, 2.75) is 19.4 Å². The molecular formula is C21H17BrN4O2. The van der Waals surface area contributed by atoms with Gasteiger partial charge in [0.1, 0.15) is 0 Å². The van der Waals surface area contributed by atoms with Gasteiger partial charge in [-0.25, -0.2) is 9.50 Å². The number of benzene rings is 1. The topological polar surface area (TPSA) is 63.6 Å². The maximum Gasteiger partial charge on any atom is 0.274 e. The van der Waals surface area contributed by atoms with Crippen LogP contribution in [0.1, 0.15) is 34.6 Å². The van der Waals surface area contributed by atoms with Gasteiger partial charge in [-0.2, -0.15) is 5.10 Å². The molecule has 6 nitrogen and oxygen atoms in total. The van der Waals surface area contributed by atoms with Gasteiger partial charge in [0, 0.05) is 30.6 Å². The zero-order valence-electron chi connectivity index (χ0n) is 15.2. The fraction of sp³-hybridized carbons (Fsp3) is 0.190. The van der Waals surface area contributed by atoms with Crippen LogP contribution in [0.5, 0.6) is 0 Å². The van der Waals surface area contributed by atoms with E-state index in [1.807, 2.05) is 11.0 Å². The number of rotatable bonds is 2. The summed E-state index contributed by atoms with van der Waals surface area (Å²) < 4.78 is 7.71. The Balaban J connectivity index is 1.53. The molecule has 1 aromatic carbocycles. The van der Waals surface area contributed by atoms with Gasteiger partial charge in [-0.15, -0.1) is 0 Å². The molecule has 0 aliphatic carbocycles. The Morgan fingerprint density at radius 3 is 3.04 bits per heavy atom. The third-order valence-corrected chi connectivity index (χ3v) is 5.71. The Labute approximate surface area is 169 Å². The molecule has 0 saturated heterocycles. The highest BCUT2D eigenvalue weighted by atomic mass is 79.9. The highest BCUT2D eigenvalue weighted by molar-refractivity contribution is 9.10.